The Labute approximate surface area is 237 Å². The van der Waals surface area contributed by atoms with Gasteiger partial charge < -0.3 is 4.74 Å². The highest BCUT2D eigenvalue weighted by molar-refractivity contribution is 7.91. The number of halogens is 1. The number of ether oxygens (including phenoxy) is 1. The third kappa shape index (κ3) is 5.94. The van der Waals surface area contributed by atoms with Crippen molar-refractivity contribution in [3.8, 4) is 0 Å². The highest BCUT2D eigenvalue weighted by Gasteiger charge is 2.37. The summed E-state index contributed by atoms with van der Waals surface area (Å²) in [6.45, 7) is 9.36. The van der Waals surface area contributed by atoms with Gasteiger partial charge in [0.05, 0.1) is 33.7 Å². The summed E-state index contributed by atoms with van der Waals surface area (Å²) in [6, 6.07) is 7.29. The SMILES string of the molecule is Cc1ccc(C)c2sc(N(CCCN3CCOCC3)C(=O)C3CCCN(S(=O)(=O)c4ccc(Cl)s4)C3)nc12. The summed E-state index contributed by atoms with van der Waals surface area (Å²) in [5.74, 6) is -0.475. The summed E-state index contributed by atoms with van der Waals surface area (Å²) in [5, 5.41) is 0.689. The Morgan fingerprint density at radius 3 is 2.61 bits per heavy atom. The molecule has 0 saturated carbocycles. The Morgan fingerprint density at radius 1 is 1.13 bits per heavy atom. The van der Waals surface area contributed by atoms with Crippen LogP contribution in [0.15, 0.2) is 28.5 Å². The minimum absolute atomic E-state index is 0.0505. The van der Waals surface area contributed by atoms with Crippen LogP contribution in [0.3, 0.4) is 0 Å². The Hall–Kier alpha value is -1.60. The summed E-state index contributed by atoms with van der Waals surface area (Å²) < 4.78 is 35.2. The molecule has 0 aliphatic carbocycles. The van der Waals surface area contributed by atoms with Crippen LogP contribution >= 0.6 is 34.3 Å². The number of rotatable bonds is 8. The number of carbonyl (C=O) groups excluding carboxylic acids is 1. The quantitative estimate of drug-likeness (QED) is 0.372. The summed E-state index contributed by atoms with van der Waals surface area (Å²) in [7, 11) is -3.70. The number of fused-ring (bicyclic) bond motifs is 1. The molecule has 2 aliphatic heterocycles. The first-order valence-electron chi connectivity index (χ1n) is 13.0. The average Bonchev–Trinajstić information content (AvgIpc) is 3.57. The number of hydrogen-bond donors (Lipinski definition) is 0. The summed E-state index contributed by atoms with van der Waals surface area (Å²) >= 11 is 8.61. The van der Waals surface area contributed by atoms with Gasteiger partial charge in [-0.2, -0.15) is 4.31 Å². The highest BCUT2D eigenvalue weighted by Crippen LogP contribution is 2.35. The number of thiophene rings is 1. The number of sulfonamides is 1. The number of piperidine rings is 1. The number of nitrogens with zero attached hydrogens (tertiary/aromatic N) is 4. The van der Waals surface area contributed by atoms with Crippen LogP contribution in [0, 0.1) is 19.8 Å². The molecule has 0 spiro atoms. The standard InChI is InChI=1S/C26H33ClN4O4S3/c1-18-6-7-19(2)24-23(18)28-26(37-24)31(12-4-10-29-13-15-35-16-14-29)25(32)20-5-3-11-30(17-20)38(33,34)22-9-8-21(27)36-22/h6-9,20H,3-5,10-17H2,1-2H3. The van der Waals surface area contributed by atoms with Crippen LogP contribution in [0.25, 0.3) is 10.2 Å². The van der Waals surface area contributed by atoms with Crippen molar-refractivity contribution in [2.75, 3.05) is 57.4 Å². The fraction of sp³-hybridized carbons (Fsp3) is 0.538. The Bertz CT molecular complexity index is 1360. The van der Waals surface area contributed by atoms with Gasteiger partial charge in [0.1, 0.15) is 4.21 Å². The maximum atomic E-state index is 14.1. The molecule has 1 aromatic carbocycles. The molecule has 38 heavy (non-hydrogen) atoms. The monoisotopic (exact) mass is 596 g/mol. The number of morpholine rings is 1. The molecular formula is C26H33ClN4O4S3. The molecule has 1 atom stereocenters. The molecule has 3 aromatic rings. The van der Waals surface area contributed by atoms with Crippen LogP contribution in [0.4, 0.5) is 5.13 Å². The van der Waals surface area contributed by atoms with E-state index in [1.807, 2.05) is 11.8 Å². The van der Waals surface area contributed by atoms with Gasteiger partial charge in [-0.1, -0.05) is 35.1 Å². The molecule has 2 aliphatic rings. The number of carbonyl (C=O) groups is 1. The van der Waals surface area contributed by atoms with Crippen LogP contribution in [-0.4, -0.2) is 81.0 Å². The Balaban J connectivity index is 1.38. The first-order valence-corrected chi connectivity index (χ1v) is 16.4. The lowest BCUT2D eigenvalue weighted by Crippen LogP contribution is -2.47. The molecule has 2 saturated heterocycles. The fourth-order valence-corrected chi connectivity index (χ4v) is 9.39. The molecular weight excluding hydrogens is 564 g/mol. The number of thiazole rings is 1. The summed E-state index contributed by atoms with van der Waals surface area (Å²) in [6.07, 6.45) is 2.09. The van der Waals surface area contributed by atoms with Crippen molar-refractivity contribution < 1.29 is 17.9 Å². The van der Waals surface area contributed by atoms with Gasteiger partial charge in [0.15, 0.2) is 5.13 Å². The first-order chi connectivity index (χ1) is 18.2. The van der Waals surface area contributed by atoms with E-state index in [9.17, 15) is 13.2 Å². The predicted molar refractivity (Wildman–Crippen MR) is 154 cm³/mol. The van der Waals surface area contributed by atoms with Crippen molar-refractivity contribution in [1.29, 1.82) is 0 Å². The Morgan fingerprint density at radius 2 is 1.89 bits per heavy atom. The molecule has 12 heteroatoms. The second kappa shape index (κ2) is 11.9. The summed E-state index contributed by atoms with van der Waals surface area (Å²) in [5.41, 5.74) is 3.15. The molecule has 8 nitrogen and oxygen atoms in total. The molecule has 0 N–H and O–H groups in total. The molecule has 1 unspecified atom stereocenters. The van der Waals surface area contributed by atoms with Gasteiger partial charge >= 0.3 is 0 Å². The van der Waals surface area contributed by atoms with Crippen molar-refractivity contribution in [2.45, 2.75) is 37.3 Å². The molecule has 2 aromatic heterocycles. The van der Waals surface area contributed by atoms with Gasteiger partial charge in [-0.05, 0) is 56.4 Å². The fourth-order valence-electron chi connectivity index (χ4n) is 5.09. The highest BCUT2D eigenvalue weighted by atomic mass is 35.5. The smallest absolute Gasteiger partial charge is 0.252 e. The molecule has 1 amide bonds. The second-order valence-electron chi connectivity index (χ2n) is 9.93. The van der Waals surface area contributed by atoms with E-state index in [4.69, 9.17) is 21.3 Å². The number of benzene rings is 1. The van der Waals surface area contributed by atoms with E-state index in [-0.39, 0.29) is 16.7 Å². The van der Waals surface area contributed by atoms with Crippen molar-refractivity contribution in [1.82, 2.24) is 14.2 Å². The van der Waals surface area contributed by atoms with Gasteiger partial charge in [-0.15, -0.1) is 11.3 Å². The van der Waals surface area contributed by atoms with Crippen LogP contribution < -0.4 is 4.90 Å². The van der Waals surface area contributed by atoms with E-state index in [0.29, 0.717) is 35.4 Å². The molecule has 0 bridgehead atoms. The third-order valence-electron chi connectivity index (χ3n) is 7.26. The number of aromatic nitrogens is 1. The zero-order valence-electron chi connectivity index (χ0n) is 21.7. The van der Waals surface area contributed by atoms with Gasteiger partial charge in [-0.25, -0.2) is 13.4 Å². The summed E-state index contributed by atoms with van der Waals surface area (Å²) in [4.78, 5) is 23.2. The zero-order chi connectivity index (χ0) is 26.9. The number of hydrogen-bond acceptors (Lipinski definition) is 8. The second-order valence-corrected chi connectivity index (χ2v) is 14.8. The van der Waals surface area contributed by atoms with Crippen LogP contribution in [-0.2, 0) is 19.6 Å². The largest absolute Gasteiger partial charge is 0.379 e. The van der Waals surface area contributed by atoms with Crippen molar-refractivity contribution in [3.05, 3.63) is 39.7 Å². The van der Waals surface area contributed by atoms with E-state index in [1.165, 1.54) is 10.4 Å². The topological polar surface area (TPSA) is 83.0 Å². The van der Waals surface area contributed by atoms with Crippen LogP contribution in [0.1, 0.15) is 30.4 Å². The number of aryl methyl sites for hydroxylation is 2. The molecule has 206 valence electrons. The van der Waals surface area contributed by atoms with Gasteiger partial charge in [0.2, 0.25) is 5.91 Å². The van der Waals surface area contributed by atoms with Crippen LogP contribution in [0.5, 0.6) is 0 Å². The van der Waals surface area contributed by atoms with Crippen LogP contribution in [0.2, 0.25) is 4.34 Å². The van der Waals surface area contributed by atoms with E-state index >= 15 is 0 Å². The zero-order valence-corrected chi connectivity index (χ0v) is 24.9. The van der Waals surface area contributed by atoms with Gasteiger partial charge in [0, 0.05) is 39.3 Å². The minimum Gasteiger partial charge on any atom is -0.379 e. The third-order valence-corrected chi connectivity index (χ3v) is 12.0. The molecule has 0 radical (unpaired) electrons. The van der Waals surface area contributed by atoms with E-state index in [1.54, 1.807) is 17.4 Å². The number of amides is 1. The lowest BCUT2D eigenvalue weighted by atomic mass is 9.98. The van der Waals surface area contributed by atoms with Gasteiger partial charge in [-0.3, -0.25) is 14.6 Å². The molecule has 5 rings (SSSR count). The lowest BCUT2D eigenvalue weighted by molar-refractivity contribution is -0.123. The Kier molecular flexibility index (Phi) is 8.73. The van der Waals surface area contributed by atoms with E-state index in [2.05, 4.69) is 24.0 Å². The maximum Gasteiger partial charge on any atom is 0.252 e. The van der Waals surface area contributed by atoms with Crippen molar-refractivity contribution >= 4 is 65.6 Å². The van der Waals surface area contributed by atoms with E-state index in [0.717, 1.165) is 71.9 Å². The first kappa shape index (κ1) is 27.9. The van der Waals surface area contributed by atoms with Gasteiger partial charge in [0.25, 0.3) is 10.0 Å². The lowest BCUT2D eigenvalue weighted by Gasteiger charge is -2.34. The van der Waals surface area contributed by atoms with Crippen molar-refractivity contribution in [3.63, 3.8) is 0 Å². The maximum absolute atomic E-state index is 14.1. The normalized spacial score (nSPS) is 19.7. The van der Waals surface area contributed by atoms with Crippen molar-refractivity contribution in [2.24, 2.45) is 5.92 Å². The molecule has 4 heterocycles. The average molecular weight is 597 g/mol. The number of anilines is 1. The molecule has 2 fully saturated rings. The van der Waals surface area contributed by atoms with E-state index < -0.39 is 15.9 Å². The minimum atomic E-state index is -3.70. The predicted octanol–water partition coefficient (Wildman–Crippen LogP) is 4.78.